The van der Waals surface area contributed by atoms with Crippen molar-refractivity contribution in [1.82, 2.24) is 15.3 Å². The van der Waals surface area contributed by atoms with E-state index in [0.717, 1.165) is 5.69 Å². The van der Waals surface area contributed by atoms with Gasteiger partial charge in [-0.1, -0.05) is 17.4 Å². The first-order valence-electron chi connectivity index (χ1n) is 5.69. The highest BCUT2D eigenvalue weighted by Crippen LogP contribution is 2.26. The molecular formula is C12H15N5OS. The number of anilines is 2. The summed E-state index contributed by atoms with van der Waals surface area (Å²) in [5.74, 6) is 0.0287. The predicted octanol–water partition coefficient (Wildman–Crippen LogP) is 1.12. The quantitative estimate of drug-likeness (QED) is 0.874. The lowest BCUT2D eigenvalue weighted by Crippen LogP contribution is -2.23. The molecule has 19 heavy (non-hydrogen) atoms. The molecule has 6 nitrogen and oxygen atoms in total. The Morgan fingerprint density at radius 2 is 2.26 bits per heavy atom. The molecule has 2 aromatic rings. The Morgan fingerprint density at radius 1 is 1.47 bits per heavy atom. The van der Waals surface area contributed by atoms with Crippen LogP contribution in [0.15, 0.2) is 24.4 Å². The molecule has 0 radical (unpaired) electrons. The van der Waals surface area contributed by atoms with Crippen LogP contribution in [-0.2, 0) is 6.54 Å². The van der Waals surface area contributed by atoms with Gasteiger partial charge in [-0.25, -0.2) is 4.98 Å². The number of hydrogen-bond donors (Lipinski definition) is 2. The van der Waals surface area contributed by atoms with Crippen LogP contribution in [0.2, 0.25) is 0 Å². The molecule has 2 heterocycles. The average Bonchev–Trinajstić information content (AvgIpc) is 2.80. The van der Waals surface area contributed by atoms with E-state index in [2.05, 4.69) is 15.3 Å². The van der Waals surface area contributed by atoms with Crippen LogP contribution in [0.5, 0.6) is 0 Å². The summed E-state index contributed by atoms with van der Waals surface area (Å²) < 4.78 is 0. The monoisotopic (exact) mass is 277 g/mol. The number of nitrogens with two attached hydrogens (primary N) is 1. The number of amides is 1. The van der Waals surface area contributed by atoms with Crippen molar-refractivity contribution in [1.29, 1.82) is 0 Å². The Bertz CT molecular complexity index is 567. The predicted molar refractivity (Wildman–Crippen MR) is 76.3 cm³/mol. The van der Waals surface area contributed by atoms with Crippen LogP contribution in [0.4, 0.5) is 10.9 Å². The zero-order valence-electron chi connectivity index (χ0n) is 10.8. The molecule has 0 fully saturated rings. The van der Waals surface area contributed by atoms with Crippen LogP contribution < -0.4 is 16.0 Å². The van der Waals surface area contributed by atoms with Crippen LogP contribution in [0.1, 0.15) is 15.4 Å². The van der Waals surface area contributed by atoms with Crippen molar-refractivity contribution in [2.24, 2.45) is 0 Å². The fourth-order valence-electron chi connectivity index (χ4n) is 1.43. The first kappa shape index (κ1) is 13.3. The first-order chi connectivity index (χ1) is 9.08. The number of aromatic nitrogens is 2. The summed E-state index contributed by atoms with van der Waals surface area (Å²) in [7, 11) is 3.71. The molecule has 2 rings (SSSR count). The molecule has 1 amide bonds. The number of pyridine rings is 1. The maximum absolute atomic E-state index is 12.0. The second-order valence-corrected chi connectivity index (χ2v) is 5.09. The van der Waals surface area contributed by atoms with Crippen LogP contribution in [0.3, 0.4) is 0 Å². The van der Waals surface area contributed by atoms with Gasteiger partial charge < -0.3 is 16.0 Å². The summed E-state index contributed by atoms with van der Waals surface area (Å²) >= 11 is 1.27. The highest BCUT2D eigenvalue weighted by molar-refractivity contribution is 7.18. The normalized spacial score (nSPS) is 10.2. The van der Waals surface area contributed by atoms with E-state index in [4.69, 9.17) is 5.73 Å². The van der Waals surface area contributed by atoms with E-state index < -0.39 is 0 Å². The molecule has 0 spiro atoms. The Morgan fingerprint density at radius 3 is 2.84 bits per heavy atom. The summed E-state index contributed by atoms with van der Waals surface area (Å²) in [6.07, 6.45) is 1.69. The van der Waals surface area contributed by atoms with Gasteiger partial charge in [0, 0.05) is 20.3 Å². The summed E-state index contributed by atoms with van der Waals surface area (Å²) in [5.41, 5.74) is 6.54. The fourth-order valence-corrected chi connectivity index (χ4v) is 2.25. The number of nitrogens with one attached hydrogen (secondary N) is 1. The third-order valence-electron chi connectivity index (χ3n) is 2.39. The van der Waals surface area contributed by atoms with Crippen molar-refractivity contribution in [2.75, 3.05) is 24.7 Å². The lowest BCUT2D eigenvalue weighted by atomic mass is 10.3. The summed E-state index contributed by atoms with van der Waals surface area (Å²) in [5, 5.41) is 3.49. The number of carbonyl (C=O) groups is 1. The molecule has 0 aromatic carbocycles. The Labute approximate surface area is 115 Å². The minimum absolute atomic E-state index is 0.228. The number of carbonyl (C=O) groups excluding carboxylic acids is 1. The molecule has 0 bridgehead atoms. The molecule has 0 saturated carbocycles. The van der Waals surface area contributed by atoms with Crippen molar-refractivity contribution in [2.45, 2.75) is 6.54 Å². The van der Waals surface area contributed by atoms with Crippen molar-refractivity contribution < 1.29 is 4.79 Å². The Balaban J connectivity index is 2.04. The molecule has 0 atom stereocenters. The van der Waals surface area contributed by atoms with Crippen LogP contribution in [0.25, 0.3) is 0 Å². The SMILES string of the molecule is CN(C)c1nc(N)c(C(=O)NCc2ccccn2)s1. The zero-order valence-corrected chi connectivity index (χ0v) is 11.6. The topological polar surface area (TPSA) is 84.1 Å². The van der Waals surface area contributed by atoms with E-state index in [-0.39, 0.29) is 11.7 Å². The molecular weight excluding hydrogens is 262 g/mol. The summed E-state index contributed by atoms with van der Waals surface area (Å²) in [6.45, 7) is 0.369. The summed E-state index contributed by atoms with van der Waals surface area (Å²) in [4.78, 5) is 22.5. The van der Waals surface area contributed by atoms with E-state index in [1.807, 2.05) is 37.2 Å². The number of nitrogen functional groups attached to an aromatic ring is 1. The molecule has 3 N–H and O–H groups in total. The molecule has 0 unspecified atom stereocenters. The number of thiazole rings is 1. The Hall–Kier alpha value is -2.15. The van der Waals surface area contributed by atoms with Gasteiger partial charge in [0.25, 0.3) is 5.91 Å². The van der Waals surface area contributed by atoms with E-state index in [1.54, 1.807) is 6.20 Å². The third kappa shape index (κ3) is 3.19. The second-order valence-electron chi connectivity index (χ2n) is 4.11. The highest BCUT2D eigenvalue weighted by Gasteiger charge is 2.16. The van der Waals surface area contributed by atoms with E-state index in [0.29, 0.717) is 16.6 Å². The molecule has 100 valence electrons. The maximum atomic E-state index is 12.0. The largest absolute Gasteiger partial charge is 0.382 e. The van der Waals surface area contributed by atoms with E-state index in [1.165, 1.54) is 11.3 Å². The lowest BCUT2D eigenvalue weighted by molar-refractivity contribution is 0.0955. The van der Waals surface area contributed by atoms with Crippen molar-refractivity contribution in [3.05, 3.63) is 35.0 Å². The van der Waals surface area contributed by atoms with Crippen LogP contribution in [-0.4, -0.2) is 30.0 Å². The maximum Gasteiger partial charge on any atom is 0.265 e. The fraction of sp³-hybridized carbons (Fsp3) is 0.250. The van der Waals surface area contributed by atoms with E-state index in [9.17, 15) is 4.79 Å². The number of hydrogen-bond acceptors (Lipinski definition) is 6. The standard InChI is InChI=1S/C12H15N5OS/c1-17(2)12-16-10(13)9(19-12)11(18)15-7-8-5-3-4-6-14-8/h3-6H,7,13H2,1-2H3,(H,15,18). The molecule has 0 aliphatic rings. The van der Waals surface area contributed by atoms with Gasteiger partial charge in [0.1, 0.15) is 10.7 Å². The van der Waals surface area contributed by atoms with Crippen molar-refractivity contribution in [3.8, 4) is 0 Å². The third-order valence-corrected chi connectivity index (χ3v) is 3.62. The molecule has 0 aliphatic carbocycles. The van der Waals surface area contributed by atoms with Gasteiger partial charge in [-0.05, 0) is 12.1 Å². The van der Waals surface area contributed by atoms with Crippen molar-refractivity contribution >= 4 is 28.2 Å². The van der Waals surface area contributed by atoms with Gasteiger partial charge in [0.05, 0.1) is 12.2 Å². The van der Waals surface area contributed by atoms with Gasteiger partial charge in [-0.3, -0.25) is 9.78 Å². The Kier molecular flexibility index (Phi) is 3.96. The van der Waals surface area contributed by atoms with Gasteiger partial charge in [-0.15, -0.1) is 0 Å². The van der Waals surface area contributed by atoms with Gasteiger partial charge >= 0.3 is 0 Å². The smallest absolute Gasteiger partial charge is 0.265 e. The van der Waals surface area contributed by atoms with Gasteiger partial charge in [0.15, 0.2) is 5.13 Å². The lowest BCUT2D eigenvalue weighted by Gasteiger charge is -2.05. The first-order valence-corrected chi connectivity index (χ1v) is 6.51. The molecule has 0 aliphatic heterocycles. The molecule has 0 saturated heterocycles. The minimum Gasteiger partial charge on any atom is -0.382 e. The van der Waals surface area contributed by atoms with Crippen molar-refractivity contribution in [3.63, 3.8) is 0 Å². The molecule has 7 heteroatoms. The van der Waals surface area contributed by atoms with Crippen LogP contribution in [0, 0.1) is 0 Å². The second kappa shape index (κ2) is 5.66. The van der Waals surface area contributed by atoms with Crippen LogP contribution >= 0.6 is 11.3 Å². The summed E-state index contributed by atoms with van der Waals surface area (Å²) in [6, 6.07) is 5.55. The number of nitrogens with zero attached hydrogens (tertiary/aromatic N) is 3. The van der Waals surface area contributed by atoms with E-state index >= 15 is 0 Å². The zero-order chi connectivity index (χ0) is 13.8. The molecule has 2 aromatic heterocycles. The van der Waals surface area contributed by atoms with Gasteiger partial charge in [0.2, 0.25) is 0 Å². The number of rotatable bonds is 4. The highest BCUT2D eigenvalue weighted by atomic mass is 32.1. The average molecular weight is 277 g/mol. The van der Waals surface area contributed by atoms with Gasteiger partial charge in [-0.2, -0.15) is 0 Å². The minimum atomic E-state index is -0.228.